The van der Waals surface area contributed by atoms with Gasteiger partial charge < -0.3 is 14.4 Å². The smallest absolute Gasteiger partial charge is 0.264 e. The lowest BCUT2D eigenvalue weighted by Crippen LogP contribution is -2.34. The highest BCUT2D eigenvalue weighted by molar-refractivity contribution is 7.92. The largest absolute Gasteiger partial charge is 0.493 e. The molecule has 0 N–H and O–H groups in total. The monoisotopic (exact) mass is 544 g/mol. The topological polar surface area (TPSA) is 76.2 Å². The van der Waals surface area contributed by atoms with Crippen LogP contribution in [-0.4, -0.2) is 40.5 Å². The fraction of sp³-hybridized carbons (Fsp3) is 0.194. The predicted molar refractivity (Wildman–Crippen MR) is 153 cm³/mol. The number of methoxy groups -OCH3 is 2. The van der Waals surface area contributed by atoms with Crippen LogP contribution in [0.3, 0.4) is 0 Å². The van der Waals surface area contributed by atoms with E-state index in [1.165, 1.54) is 4.31 Å². The van der Waals surface area contributed by atoms with Crippen LogP contribution in [0.2, 0.25) is 0 Å². The Morgan fingerprint density at radius 2 is 1.38 bits per heavy atom. The highest BCUT2D eigenvalue weighted by Crippen LogP contribution is 2.31. The summed E-state index contributed by atoms with van der Waals surface area (Å²) < 4.78 is 40.0. The number of amides is 1. The molecule has 202 valence electrons. The Balaban J connectivity index is 1.72. The summed E-state index contributed by atoms with van der Waals surface area (Å²) in [5.74, 6) is 0.852. The molecule has 7 nitrogen and oxygen atoms in total. The SMILES string of the molecule is COc1ccc(CN(C)C(=O)c2ccccc2N(Cc2ccccc2)S(=O)(=O)c2ccc(C)cc2)cc1OC. The summed E-state index contributed by atoms with van der Waals surface area (Å²) in [4.78, 5) is 15.5. The van der Waals surface area contributed by atoms with E-state index in [0.29, 0.717) is 17.2 Å². The summed E-state index contributed by atoms with van der Waals surface area (Å²) in [5.41, 5.74) is 3.19. The van der Waals surface area contributed by atoms with E-state index >= 15 is 0 Å². The predicted octanol–water partition coefficient (Wildman–Crippen LogP) is 5.68. The summed E-state index contributed by atoms with van der Waals surface area (Å²) in [7, 11) is 0.816. The van der Waals surface area contributed by atoms with Crippen LogP contribution in [-0.2, 0) is 23.1 Å². The fourth-order valence-corrected chi connectivity index (χ4v) is 5.76. The number of nitrogens with zero attached hydrogens (tertiary/aromatic N) is 2. The van der Waals surface area contributed by atoms with Crippen molar-refractivity contribution < 1.29 is 22.7 Å². The van der Waals surface area contributed by atoms with E-state index in [1.54, 1.807) is 80.8 Å². The minimum atomic E-state index is -3.99. The number of benzene rings is 4. The van der Waals surface area contributed by atoms with Crippen molar-refractivity contribution in [3.05, 3.63) is 119 Å². The maximum Gasteiger partial charge on any atom is 0.264 e. The number of aryl methyl sites for hydroxylation is 1. The van der Waals surface area contributed by atoms with Crippen molar-refractivity contribution in [2.75, 3.05) is 25.6 Å². The molecule has 0 atom stereocenters. The minimum Gasteiger partial charge on any atom is -0.493 e. The third kappa shape index (κ3) is 6.23. The van der Waals surface area contributed by atoms with Gasteiger partial charge in [-0.2, -0.15) is 0 Å². The number of ether oxygens (including phenoxy) is 2. The van der Waals surface area contributed by atoms with Crippen molar-refractivity contribution in [1.82, 2.24) is 4.90 Å². The standard InChI is InChI=1S/C31H32N2O5S/c1-23-14-17-26(18-15-23)39(35,36)33(22-24-10-6-5-7-11-24)28-13-9-8-12-27(28)31(34)32(2)21-25-16-19-29(37-3)30(20-25)38-4/h5-20H,21-22H2,1-4H3. The highest BCUT2D eigenvalue weighted by Gasteiger charge is 2.29. The van der Waals surface area contributed by atoms with Gasteiger partial charge in [-0.25, -0.2) is 8.42 Å². The van der Waals surface area contributed by atoms with Gasteiger partial charge in [-0.05, 0) is 54.4 Å². The second-order valence-electron chi connectivity index (χ2n) is 9.18. The first-order valence-electron chi connectivity index (χ1n) is 12.4. The molecule has 0 saturated carbocycles. The minimum absolute atomic E-state index is 0.0702. The number of hydrogen-bond acceptors (Lipinski definition) is 5. The number of anilines is 1. The lowest BCUT2D eigenvalue weighted by molar-refractivity contribution is 0.0785. The number of hydrogen-bond donors (Lipinski definition) is 0. The second-order valence-corrected chi connectivity index (χ2v) is 11.0. The number of carbonyl (C=O) groups is 1. The van der Waals surface area contributed by atoms with Crippen molar-refractivity contribution in [2.45, 2.75) is 24.9 Å². The van der Waals surface area contributed by atoms with Crippen LogP contribution in [0.15, 0.2) is 102 Å². The van der Waals surface area contributed by atoms with E-state index in [1.807, 2.05) is 49.4 Å². The van der Waals surface area contributed by atoms with Gasteiger partial charge in [0.15, 0.2) is 11.5 Å². The number of para-hydroxylation sites is 1. The average Bonchev–Trinajstić information content (AvgIpc) is 2.96. The lowest BCUT2D eigenvalue weighted by Gasteiger charge is -2.28. The van der Waals surface area contributed by atoms with Crippen LogP contribution in [0.4, 0.5) is 5.69 Å². The van der Waals surface area contributed by atoms with E-state index in [0.717, 1.165) is 16.7 Å². The third-order valence-electron chi connectivity index (χ3n) is 6.40. The molecule has 8 heteroatoms. The molecule has 0 unspecified atom stereocenters. The maximum absolute atomic E-state index is 14.0. The Kier molecular flexibility index (Phi) is 8.56. The molecule has 0 radical (unpaired) electrons. The summed E-state index contributed by atoms with van der Waals surface area (Å²) in [5, 5.41) is 0. The molecule has 0 heterocycles. The van der Waals surface area contributed by atoms with Crippen molar-refractivity contribution in [2.24, 2.45) is 0 Å². The summed E-state index contributed by atoms with van der Waals surface area (Å²) in [6.45, 7) is 2.26. The van der Waals surface area contributed by atoms with Gasteiger partial charge in [-0.15, -0.1) is 0 Å². The number of sulfonamides is 1. The quantitative estimate of drug-likeness (QED) is 0.257. The summed E-state index contributed by atoms with van der Waals surface area (Å²) in [6.07, 6.45) is 0. The normalized spacial score (nSPS) is 11.1. The van der Waals surface area contributed by atoms with Crippen molar-refractivity contribution >= 4 is 21.6 Å². The van der Waals surface area contributed by atoms with Gasteiger partial charge in [0.1, 0.15) is 0 Å². The van der Waals surface area contributed by atoms with Crippen molar-refractivity contribution in [3.63, 3.8) is 0 Å². The van der Waals surface area contributed by atoms with Gasteiger partial charge in [0, 0.05) is 13.6 Å². The van der Waals surface area contributed by atoms with Crippen LogP contribution < -0.4 is 13.8 Å². The van der Waals surface area contributed by atoms with Gasteiger partial charge in [-0.3, -0.25) is 9.10 Å². The Bertz CT molecular complexity index is 1540. The summed E-state index contributed by atoms with van der Waals surface area (Å²) in [6, 6.07) is 28.3. The van der Waals surface area contributed by atoms with Crippen molar-refractivity contribution in [3.8, 4) is 11.5 Å². The third-order valence-corrected chi connectivity index (χ3v) is 8.17. The van der Waals surface area contributed by atoms with E-state index in [2.05, 4.69) is 0 Å². The zero-order valence-corrected chi connectivity index (χ0v) is 23.3. The molecule has 4 rings (SSSR count). The molecule has 39 heavy (non-hydrogen) atoms. The molecule has 0 fully saturated rings. The molecule has 0 spiro atoms. The van der Waals surface area contributed by atoms with E-state index in [4.69, 9.17) is 9.47 Å². The van der Waals surface area contributed by atoms with Gasteiger partial charge in [-0.1, -0.05) is 66.2 Å². The Hall–Kier alpha value is -4.30. The first kappa shape index (κ1) is 27.7. The molecule has 4 aromatic carbocycles. The lowest BCUT2D eigenvalue weighted by atomic mass is 10.1. The van der Waals surface area contributed by atoms with Crippen LogP contribution in [0, 0.1) is 6.92 Å². The van der Waals surface area contributed by atoms with Crippen LogP contribution >= 0.6 is 0 Å². The number of rotatable bonds is 10. The molecular weight excluding hydrogens is 512 g/mol. The molecule has 0 aromatic heterocycles. The first-order valence-corrected chi connectivity index (χ1v) is 13.9. The summed E-state index contributed by atoms with van der Waals surface area (Å²) >= 11 is 0. The number of carbonyl (C=O) groups excluding carboxylic acids is 1. The van der Waals surface area contributed by atoms with Crippen LogP contribution in [0.5, 0.6) is 11.5 Å². The van der Waals surface area contributed by atoms with Crippen molar-refractivity contribution in [1.29, 1.82) is 0 Å². The van der Waals surface area contributed by atoms with Gasteiger partial charge in [0.05, 0.1) is 36.9 Å². The maximum atomic E-state index is 14.0. The second kappa shape index (κ2) is 12.0. The van der Waals surface area contributed by atoms with Crippen LogP contribution in [0.1, 0.15) is 27.0 Å². The Morgan fingerprint density at radius 3 is 2.05 bits per heavy atom. The van der Waals surface area contributed by atoms with Crippen LogP contribution in [0.25, 0.3) is 0 Å². The molecule has 0 saturated heterocycles. The molecule has 0 bridgehead atoms. The molecular formula is C31H32N2O5S. The fourth-order valence-electron chi connectivity index (χ4n) is 4.29. The molecule has 0 aliphatic carbocycles. The molecule has 1 amide bonds. The molecule has 0 aliphatic rings. The molecule has 4 aromatic rings. The Labute approximate surface area is 230 Å². The first-order chi connectivity index (χ1) is 18.7. The van der Waals surface area contributed by atoms with E-state index < -0.39 is 10.0 Å². The Morgan fingerprint density at radius 1 is 0.744 bits per heavy atom. The zero-order chi connectivity index (χ0) is 28.0. The zero-order valence-electron chi connectivity index (χ0n) is 22.5. The van der Waals surface area contributed by atoms with Gasteiger partial charge in [0.25, 0.3) is 15.9 Å². The van der Waals surface area contributed by atoms with Gasteiger partial charge >= 0.3 is 0 Å². The molecule has 0 aliphatic heterocycles. The van der Waals surface area contributed by atoms with Gasteiger partial charge in [0.2, 0.25) is 0 Å². The average molecular weight is 545 g/mol. The van der Waals surface area contributed by atoms with E-state index in [9.17, 15) is 13.2 Å². The van der Waals surface area contributed by atoms with E-state index in [-0.39, 0.29) is 29.5 Å². The highest BCUT2D eigenvalue weighted by atomic mass is 32.2.